The Morgan fingerprint density at radius 2 is 1.65 bits per heavy atom. The van der Waals surface area contributed by atoms with Gasteiger partial charge in [-0.1, -0.05) is 59.4 Å². The minimum atomic E-state index is -4.81. The van der Waals surface area contributed by atoms with Gasteiger partial charge in [-0.15, -0.1) is 29.0 Å². The maximum absolute atomic E-state index is 14.3. The first-order chi connectivity index (χ1) is 22.2. The molecular weight excluding hydrogens is 831 g/mol. The number of carbonyl (C=O) groups excluding carboxylic acids is 1. The van der Waals surface area contributed by atoms with Crippen molar-refractivity contribution in [2.24, 2.45) is 17.8 Å². The number of hydrogen-bond acceptors (Lipinski definition) is 5. The number of pyridine rings is 1. The molecule has 0 bridgehead atoms. The fourth-order valence-electron chi connectivity index (χ4n) is 5.83. The van der Waals surface area contributed by atoms with Crippen LogP contribution in [0.25, 0.3) is 43.3 Å². The van der Waals surface area contributed by atoms with Crippen LogP contribution in [0.1, 0.15) is 83.2 Å². The molecule has 0 saturated heterocycles. The van der Waals surface area contributed by atoms with E-state index < -0.39 is 17.6 Å². The number of alkyl halides is 3. The predicted octanol–water partition coefficient (Wildman–Crippen LogP) is 12.6. The van der Waals surface area contributed by atoms with Crippen LogP contribution in [0.15, 0.2) is 52.8 Å². The second-order valence-corrected chi connectivity index (χ2v) is 13.5. The van der Waals surface area contributed by atoms with Crippen LogP contribution in [-0.2, 0) is 37.5 Å². The van der Waals surface area contributed by atoms with E-state index in [2.05, 4.69) is 31.0 Å². The maximum Gasteiger partial charge on any atom is 0.419 e. The molecule has 49 heavy (non-hydrogen) atoms. The number of thiophene rings is 1. The van der Waals surface area contributed by atoms with Crippen LogP contribution in [0.5, 0.6) is 0 Å². The van der Waals surface area contributed by atoms with Crippen LogP contribution in [-0.4, -0.2) is 15.9 Å². The molecule has 10 heteroatoms. The summed E-state index contributed by atoms with van der Waals surface area (Å²) in [5.41, 5.74) is 0.966. The molecule has 0 atom stereocenters. The third-order valence-corrected chi connectivity index (χ3v) is 9.62. The maximum atomic E-state index is 14.3. The molecule has 0 fully saturated rings. The van der Waals surface area contributed by atoms with Gasteiger partial charge in [0.05, 0.1) is 16.9 Å². The number of allylic oxidation sites excluding steroid dienone is 2. The summed E-state index contributed by atoms with van der Waals surface area (Å²) in [6, 6.07) is 10.7. The summed E-state index contributed by atoms with van der Waals surface area (Å²) in [6.45, 7) is 14.2. The number of nitrogens with zero attached hydrogens (tertiary/aromatic N) is 1. The van der Waals surface area contributed by atoms with Crippen molar-refractivity contribution in [3.05, 3.63) is 83.7 Å². The quantitative estimate of drug-likeness (QED) is 0.0657. The molecule has 2 aromatic carbocycles. The molecule has 1 radical (unpaired) electrons. The molecular formula is C39H45F4IrNO3S-2. The summed E-state index contributed by atoms with van der Waals surface area (Å²) >= 11 is 1.64. The Kier molecular flexibility index (Phi) is 15.2. The number of aryl methyl sites for hydroxylation is 1. The van der Waals surface area contributed by atoms with Crippen molar-refractivity contribution in [3.63, 3.8) is 0 Å². The molecule has 5 aromatic rings. The zero-order valence-electron chi connectivity index (χ0n) is 29.3. The second kappa shape index (κ2) is 17.7. The van der Waals surface area contributed by atoms with Gasteiger partial charge in [0.25, 0.3) is 0 Å². The topological polar surface area (TPSA) is 63.3 Å². The van der Waals surface area contributed by atoms with E-state index in [9.17, 15) is 27.5 Å². The fourth-order valence-corrected chi connectivity index (χ4v) is 7.19. The number of carbonyl (C=O) groups is 1. The van der Waals surface area contributed by atoms with Crippen molar-refractivity contribution < 1.29 is 52.0 Å². The summed E-state index contributed by atoms with van der Waals surface area (Å²) in [6.07, 6.45) is 2.74. The number of benzene rings is 2. The molecule has 4 nitrogen and oxygen atoms in total. The second-order valence-electron chi connectivity index (χ2n) is 12.4. The first-order valence-electron chi connectivity index (χ1n) is 16.2. The molecule has 5 rings (SSSR count). The van der Waals surface area contributed by atoms with Crippen LogP contribution in [0.2, 0.25) is 0 Å². The van der Waals surface area contributed by atoms with Crippen molar-refractivity contribution in [1.82, 2.24) is 4.98 Å². The Morgan fingerprint density at radius 1 is 1.02 bits per heavy atom. The average molecular weight is 876 g/mol. The van der Waals surface area contributed by atoms with E-state index in [1.807, 2.05) is 40.7 Å². The number of aliphatic hydroxyl groups excluding tert-OH is 1. The smallest absolute Gasteiger partial charge is 0.419 e. The van der Waals surface area contributed by atoms with E-state index in [1.54, 1.807) is 23.6 Å². The predicted molar refractivity (Wildman–Crippen MR) is 190 cm³/mol. The molecule has 0 spiro atoms. The Bertz CT molecular complexity index is 1900. The summed E-state index contributed by atoms with van der Waals surface area (Å²) in [4.78, 5) is 17.5. The van der Waals surface area contributed by atoms with E-state index >= 15 is 0 Å². The number of rotatable bonds is 10. The standard InChI is InChI=1S/C25H18F4NOS.C13H24O2.CH3.Ir/c1-12(2)6-15-9-14-4-5-30-22(24(14)32-15)18-8-13(3)7-17-16-10-20(26)19(25(27,28)29)11-21(16)31-23(17)18;1-5-10(6-2)12(14)9-13(15)11(7-3)8-4;;/h4-5,7,9-12H,6H2,1-3H3;9-11,14H,5-8H2,1-4H3;1H3;/q-1;;-1;/b;12-9-;;. The third kappa shape index (κ3) is 9.59. The largest absolute Gasteiger partial charge is 0.512 e. The molecule has 0 unspecified atom stereocenters. The molecule has 269 valence electrons. The van der Waals surface area contributed by atoms with Gasteiger partial charge >= 0.3 is 6.18 Å². The summed E-state index contributed by atoms with van der Waals surface area (Å²) in [7, 11) is 0. The number of halogens is 4. The van der Waals surface area contributed by atoms with Gasteiger partial charge in [-0.2, -0.15) is 13.2 Å². The third-order valence-electron chi connectivity index (χ3n) is 8.44. The molecule has 3 heterocycles. The van der Waals surface area contributed by atoms with Gasteiger partial charge < -0.3 is 21.9 Å². The van der Waals surface area contributed by atoms with Crippen molar-refractivity contribution in [2.75, 3.05) is 0 Å². The number of fused-ring (bicyclic) bond motifs is 4. The Labute approximate surface area is 304 Å². The van der Waals surface area contributed by atoms with Gasteiger partial charge in [-0.3, -0.25) is 4.79 Å². The number of aromatic nitrogens is 1. The van der Waals surface area contributed by atoms with Crippen LogP contribution in [0.3, 0.4) is 0 Å². The molecule has 0 saturated carbocycles. The first-order valence-corrected chi connectivity index (χ1v) is 17.0. The van der Waals surface area contributed by atoms with E-state index in [0.29, 0.717) is 33.5 Å². The van der Waals surface area contributed by atoms with Gasteiger partial charge in [0.15, 0.2) is 5.78 Å². The monoisotopic (exact) mass is 876 g/mol. The van der Waals surface area contributed by atoms with E-state index in [4.69, 9.17) is 4.42 Å². The molecule has 1 N–H and O–H groups in total. The molecule has 0 aliphatic carbocycles. The van der Waals surface area contributed by atoms with Crippen LogP contribution >= 0.6 is 11.3 Å². The van der Waals surface area contributed by atoms with Crippen LogP contribution < -0.4 is 0 Å². The normalized spacial score (nSPS) is 12.1. The first kappa shape index (κ1) is 42.1. The molecule has 0 aliphatic heterocycles. The summed E-state index contributed by atoms with van der Waals surface area (Å²) < 4.78 is 60.8. The summed E-state index contributed by atoms with van der Waals surface area (Å²) in [5, 5.41) is 11.6. The van der Waals surface area contributed by atoms with Gasteiger partial charge in [0.1, 0.15) is 11.4 Å². The van der Waals surface area contributed by atoms with Gasteiger partial charge in [0, 0.05) is 64.9 Å². The zero-order chi connectivity index (χ0) is 34.6. The Morgan fingerprint density at radius 3 is 2.22 bits per heavy atom. The number of ketones is 1. The van der Waals surface area contributed by atoms with Crippen LogP contribution in [0, 0.1) is 44.0 Å². The Hall–Kier alpha value is -3.07. The number of hydrogen-bond donors (Lipinski definition) is 1. The fraction of sp³-hybridized carbons (Fsp3) is 0.410. The molecule has 0 aliphatic rings. The summed E-state index contributed by atoms with van der Waals surface area (Å²) in [5.74, 6) is -0.271. The number of furan rings is 1. The van der Waals surface area contributed by atoms with Crippen molar-refractivity contribution >= 4 is 49.1 Å². The van der Waals surface area contributed by atoms with Gasteiger partial charge in [-0.25, -0.2) is 4.39 Å². The molecule has 0 amide bonds. The van der Waals surface area contributed by atoms with Crippen LogP contribution in [0.4, 0.5) is 17.6 Å². The van der Waals surface area contributed by atoms with Crippen molar-refractivity contribution in [3.8, 4) is 11.3 Å². The SMILES string of the molecule is CCC(CC)C(=O)/C=C(\O)C(CC)CC.Cc1[c-]c(-c2nccc3cc(CC(C)C)sc23)c2oc3cc(C(F)(F)F)c(F)cc3c2c1.[CH3-].[Ir]. The van der Waals surface area contributed by atoms with E-state index in [0.717, 1.165) is 59.9 Å². The molecule has 3 aromatic heterocycles. The van der Waals surface area contributed by atoms with Crippen molar-refractivity contribution in [1.29, 1.82) is 0 Å². The zero-order valence-corrected chi connectivity index (χ0v) is 32.5. The Balaban J connectivity index is 0.000000422. The number of aliphatic hydroxyl groups is 1. The van der Waals surface area contributed by atoms with Crippen molar-refractivity contribution in [2.45, 2.75) is 86.7 Å². The van der Waals surface area contributed by atoms with E-state index in [1.165, 1.54) is 11.0 Å². The van der Waals surface area contributed by atoms with Gasteiger partial charge in [-0.05, 0) is 67.7 Å². The van der Waals surface area contributed by atoms with Gasteiger partial charge in [0.2, 0.25) is 0 Å². The van der Waals surface area contributed by atoms with E-state index in [-0.39, 0.29) is 56.5 Å². The average Bonchev–Trinajstić information content (AvgIpc) is 3.57. The minimum absolute atomic E-state index is 0. The minimum Gasteiger partial charge on any atom is -0.512 e.